The normalized spacial score (nSPS) is 18.4. The highest BCUT2D eigenvalue weighted by atomic mass is 16.2. The molecule has 0 saturated heterocycles. The summed E-state index contributed by atoms with van der Waals surface area (Å²) in [5, 5.41) is 13.0. The van der Waals surface area contributed by atoms with E-state index >= 15 is 0 Å². The molecule has 0 unspecified atom stereocenters. The molecule has 7 heteroatoms. The second-order valence-electron chi connectivity index (χ2n) is 9.42. The Morgan fingerprint density at radius 3 is 2.03 bits per heavy atom. The molecule has 0 bridgehead atoms. The zero-order valence-electron chi connectivity index (χ0n) is 19.6. The van der Waals surface area contributed by atoms with E-state index in [0.29, 0.717) is 12.5 Å². The molecule has 0 aliphatic heterocycles. The van der Waals surface area contributed by atoms with Crippen LogP contribution in [0.2, 0.25) is 0 Å². The van der Waals surface area contributed by atoms with E-state index in [1.54, 1.807) is 0 Å². The second kappa shape index (κ2) is 16.5. The average molecular weight is 438 g/mol. The molecule has 0 radical (unpaired) electrons. The Balaban J connectivity index is 1.56. The maximum atomic E-state index is 12.8. The molecular weight excluding hydrogens is 390 g/mol. The quantitative estimate of drug-likeness (QED) is 0.224. The van der Waals surface area contributed by atoms with Crippen LogP contribution in [0.3, 0.4) is 0 Å². The fourth-order valence-corrected chi connectivity index (χ4v) is 4.47. The lowest BCUT2D eigenvalue weighted by Crippen LogP contribution is -2.50. The number of nitrogens with two attached hydrogens (primary N) is 1. The van der Waals surface area contributed by atoms with Gasteiger partial charge in [-0.2, -0.15) is 0 Å². The van der Waals surface area contributed by atoms with Gasteiger partial charge in [0.05, 0.1) is 0 Å². The summed E-state index contributed by atoms with van der Waals surface area (Å²) in [6.07, 6.45) is 14.3. The maximum absolute atomic E-state index is 12.8. The summed E-state index contributed by atoms with van der Waals surface area (Å²) in [6, 6.07) is -0.365. The Kier molecular flexibility index (Phi) is 13.8. The van der Waals surface area contributed by atoms with Gasteiger partial charge in [-0.15, -0.1) is 0 Å². The Labute approximate surface area is 189 Å². The molecule has 0 aromatic rings. The van der Waals surface area contributed by atoms with Crippen molar-refractivity contribution in [3.63, 3.8) is 0 Å². The van der Waals surface area contributed by atoms with Crippen LogP contribution >= 0.6 is 0 Å². The van der Waals surface area contributed by atoms with Gasteiger partial charge in [-0.3, -0.25) is 9.59 Å². The van der Waals surface area contributed by atoms with Crippen LogP contribution in [-0.4, -0.2) is 57.1 Å². The Morgan fingerprint density at radius 2 is 1.42 bits per heavy atom. The lowest BCUT2D eigenvalue weighted by atomic mass is 9.83. The molecule has 0 aromatic carbocycles. The summed E-state index contributed by atoms with van der Waals surface area (Å²) < 4.78 is 0. The third-order valence-electron chi connectivity index (χ3n) is 6.75. The third kappa shape index (κ3) is 11.3. The second-order valence-corrected chi connectivity index (χ2v) is 9.42. The number of amides is 2. The predicted molar refractivity (Wildman–Crippen MR) is 127 cm³/mol. The van der Waals surface area contributed by atoms with Crippen molar-refractivity contribution in [2.45, 2.75) is 89.5 Å². The molecule has 31 heavy (non-hydrogen) atoms. The van der Waals surface area contributed by atoms with Gasteiger partial charge in [-0.1, -0.05) is 38.5 Å². The Hall–Kier alpha value is -1.18. The van der Waals surface area contributed by atoms with E-state index in [2.05, 4.69) is 21.3 Å². The number of rotatable bonds is 17. The molecule has 0 aromatic heterocycles. The Morgan fingerprint density at radius 1 is 0.774 bits per heavy atom. The number of unbranched alkanes of at least 4 members (excludes halogenated alkanes) is 1. The minimum atomic E-state index is -0.365. The van der Waals surface area contributed by atoms with Crippen molar-refractivity contribution in [3.05, 3.63) is 0 Å². The number of nitrogens with one attached hydrogen (secondary N) is 4. The van der Waals surface area contributed by atoms with E-state index in [4.69, 9.17) is 5.73 Å². The van der Waals surface area contributed by atoms with Crippen molar-refractivity contribution in [2.75, 3.05) is 39.3 Å². The van der Waals surface area contributed by atoms with Gasteiger partial charge in [0.1, 0.15) is 6.04 Å². The van der Waals surface area contributed by atoms with Crippen LogP contribution in [0.15, 0.2) is 0 Å². The van der Waals surface area contributed by atoms with Gasteiger partial charge < -0.3 is 27.0 Å². The molecule has 2 amide bonds. The number of hydrogen-bond donors (Lipinski definition) is 5. The van der Waals surface area contributed by atoms with Crippen molar-refractivity contribution in [3.8, 4) is 0 Å². The van der Waals surface area contributed by atoms with E-state index in [1.165, 1.54) is 32.1 Å². The maximum Gasteiger partial charge on any atom is 0.242 e. The summed E-state index contributed by atoms with van der Waals surface area (Å²) >= 11 is 0. The smallest absolute Gasteiger partial charge is 0.242 e. The standard InChI is InChI=1S/C24H47N5O2/c25-13-7-16-26-14-4-5-15-27-17-8-18-28-24(31)22(19-20-9-2-1-3-10-20)29-23(30)21-11-6-12-21/h20-22,26-27H,1-19,25H2,(H,28,31)(H,29,30)/t22-/m0/s1. The van der Waals surface area contributed by atoms with Crippen LogP contribution in [-0.2, 0) is 9.59 Å². The van der Waals surface area contributed by atoms with Gasteiger partial charge >= 0.3 is 0 Å². The first-order chi connectivity index (χ1) is 15.2. The van der Waals surface area contributed by atoms with Crippen molar-refractivity contribution in [1.29, 1.82) is 0 Å². The van der Waals surface area contributed by atoms with Crippen molar-refractivity contribution in [2.24, 2.45) is 17.6 Å². The van der Waals surface area contributed by atoms with Crippen LogP contribution in [0.1, 0.15) is 83.5 Å². The third-order valence-corrected chi connectivity index (χ3v) is 6.75. The zero-order valence-corrected chi connectivity index (χ0v) is 19.6. The molecular formula is C24H47N5O2. The largest absolute Gasteiger partial charge is 0.354 e. The molecule has 180 valence electrons. The summed E-state index contributed by atoms with van der Waals surface area (Å²) in [7, 11) is 0. The fraction of sp³-hybridized carbons (Fsp3) is 0.917. The predicted octanol–water partition coefficient (Wildman–Crippen LogP) is 2.06. The van der Waals surface area contributed by atoms with Gasteiger partial charge in [0.15, 0.2) is 0 Å². The molecule has 0 spiro atoms. The first-order valence-corrected chi connectivity index (χ1v) is 12.9. The van der Waals surface area contributed by atoms with Gasteiger partial charge in [0, 0.05) is 12.5 Å². The molecule has 2 fully saturated rings. The van der Waals surface area contributed by atoms with Gasteiger partial charge in [0.2, 0.25) is 11.8 Å². The zero-order chi connectivity index (χ0) is 22.2. The monoisotopic (exact) mass is 437 g/mol. The number of carbonyl (C=O) groups excluding carboxylic acids is 2. The van der Waals surface area contributed by atoms with E-state index in [1.807, 2.05) is 0 Å². The minimum Gasteiger partial charge on any atom is -0.354 e. The van der Waals surface area contributed by atoms with Crippen LogP contribution in [0, 0.1) is 11.8 Å². The van der Waals surface area contributed by atoms with Crippen LogP contribution in [0.4, 0.5) is 0 Å². The van der Waals surface area contributed by atoms with Gasteiger partial charge in [-0.25, -0.2) is 0 Å². The fourth-order valence-electron chi connectivity index (χ4n) is 4.47. The highest BCUT2D eigenvalue weighted by Gasteiger charge is 2.30. The molecule has 2 aliphatic rings. The number of carbonyl (C=O) groups is 2. The highest BCUT2D eigenvalue weighted by molar-refractivity contribution is 5.88. The molecule has 6 N–H and O–H groups in total. The lowest BCUT2D eigenvalue weighted by molar-refractivity contribution is -0.133. The first-order valence-electron chi connectivity index (χ1n) is 12.9. The molecule has 1 atom stereocenters. The van der Waals surface area contributed by atoms with Crippen molar-refractivity contribution < 1.29 is 9.59 Å². The summed E-state index contributed by atoms with van der Waals surface area (Å²) in [6.45, 7) is 5.38. The van der Waals surface area contributed by atoms with E-state index < -0.39 is 0 Å². The van der Waals surface area contributed by atoms with Gasteiger partial charge in [0.25, 0.3) is 0 Å². The van der Waals surface area contributed by atoms with E-state index in [9.17, 15) is 9.59 Å². The molecule has 2 aliphatic carbocycles. The summed E-state index contributed by atoms with van der Waals surface area (Å²) in [5.74, 6) is 0.780. The highest BCUT2D eigenvalue weighted by Crippen LogP contribution is 2.29. The summed E-state index contributed by atoms with van der Waals surface area (Å²) in [4.78, 5) is 25.2. The Bertz CT molecular complexity index is 492. The van der Waals surface area contributed by atoms with Crippen LogP contribution < -0.4 is 27.0 Å². The SMILES string of the molecule is NCCCNCCCCNCCCNC(=O)[C@H](CC1CCCCC1)NC(=O)C1CCC1. The molecule has 7 nitrogen and oxygen atoms in total. The van der Waals surface area contributed by atoms with E-state index in [-0.39, 0.29) is 23.8 Å². The first kappa shape index (κ1) is 26.1. The topological polar surface area (TPSA) is 108 Å². The van der Waals surface area contributed by atoms with Crippen molar-refractivity contribution in [1.82, 2.24) is 21.3 Å². The van der Waals surface area contributed by atoms with Crippen LogP contribution in [0.25, 0.3) is 0 Å². The minimum absolute atomic E-state index is 0.00167. The lowest BCUT2D eigenvalue weighted by Gasteiger charge is -2.30. The summed E-state index contributed by atoms with van der Waals surface area (Å²) in [5.41, 5.74) is 5.47. The molecule has 2 saturated carbocycles. The van der Waals surface area contributed by atoms with Gasteiger partial charge in [-0.05, 0) is 83.6 Å². The number of hydrogen-bond acceptors (Lipinski definition) is 5. The van der Waals surface area contributed by atoms with Crippen molar-refractivity contribution >= 4 is 11.8 Å². The molecule has 0 heterocycles. The van der Waals surface area contributed by atoms with Crippen LogP contribution in [0.5, 0.6) is 0 Å². The average Bonchev–Trinajstić information content (AvgIpc) is 2.73. The van der Waals surface area contributed by atoms with E-state index in [0.717, 1.165) is 84.1 Å². The molecule has 2 rings (SSSR count).